The lowest BCUT2D eigenvalue weighted by Crippen LogP contribution is -2.37. The quantitative estimate of drug-likeness (QED) is 0.292. The van der Waals surface area contributed by atoms with E-state index in [-0.39, 0.29) is 29.3 Å². The highest BCUT2D eigenvalue weighted by molar-refractivity contribution is 6.32. The summed E-state index contributed by atoms with van der Waals surface area (Å²) in [7, 11) is 1.27. The summed E-state index contributed by atoms with van der Waals surface area (Å²) >= 11 is 6.61. The summed E-state index contributed by atoms with van der Waals surface area (Å²) < 4.78 is 4.67. The molecule has 3 heterocycles. The van der Waals surface area contributed by atoms with Gasteiger partial charge in [0.2, 0.25) is 11.8 Å². The number of rotatable bonds is 3. The number of nitrogens with zero attached hydrogens (tertiary/aromatic N) is 2. The molecule has 0 radical (unpaired) electrons. The molecular formula is C28H30ClN7O4. The average Bonchev–Trinajstić information content (AvgIpc) is 3.33. The predicted molar refractivity (Wildman–Crippen MR) is 152 cm³/mol. The van der Waals surface area contributed by atoms with Gasteiger partial charge in [-0.1, -0.05) is 23.8 Å². The summed E-state index contributed by atoms with van der Waals surface area (Å²) in [6.45, 7) is 0. The Kier molecular flexibility index (Phi) is 8.01. The highest BCUT2D eigenvalue weighted by Gasteiger charge is 2.29. The number of halogens is 1. The maximum atomic E-state index is 13.4. The highest BCUT2D eigenvalue weighted by Crippen LogP contribution is 2.36. The van der Waals surface area contributed by atoms with Crippen LogP contribution in [0.5, 0.6) is 0 Å². The van der Waals surface area contributed by atoms with E-state index in [1.807, 2.05) is 18.2 Å². The van der Waals surface area contributed by atoms with E-state index in [2.05, 4.69) is 30.7 Å². The van der Waals surface area contributed by atoms with Crippen molar-refractivity contribution in [3.05, 3.63) is 64.7 Å². The molecule has 3 aromatic rings. The number of nitrogens with two attached hydrogens (primary N) is 1. The number of nitrogen functional groups attached to an aromatic ring is 1. The first-order chi connectivity index (χ1) is 19.3. The standard InChI is InChI=1S/C28H30ClN7O4/c1-40-28(39)32-17-8-10-19-21(14-17)33-22(37)6-4-2-3-5-20(26-35-23(19)24(29)36-26)34-27(38)16-7-9-18-15(13-16)11-12-31-25(18)30/h2-3,8,10-12,14,16,20H,4-7,9,13H2,1H3,(H2,30,31)(H,32,39)(H,33,37)(H,34,38)(H,35,36)/t16-,20-/m0/s1. The molecule has 1 aromatic carbocycles. The number of fused-ring (bicyclic) bond motifs is 5. The van der Waals surface area contributed by atoms with E-state index in [9.17, 15) is 14.4 Å². The largest absolute Gasteiger partial charge is 0.453 e. The van der Waals surface area contributed by atoms with E-state index in [1.165, 1.54) is 7.11 Å². The molecule has 2 aliphatic rings. The van der Waals surface area contributed by atoms with Gasteiger partial charge in [0.15, 0.2) is 0 Å². The van der Waals surface area contributed by atoms with Gasteiger partial charge in [0, 0.05) is 29.8 Å². The SMILES string of the molecule is COC(=O)Nc1ccc2c(c1)NC(=O)CCC=CC[C@H](NC(=O)[C@H]1CCc3c(ccnc3N)C1)c1nc-2c(Cl)[nH]1. The number of allylic oxidation sites excluding steroid dienone is 1. The summed E-state index contributed by atoms with van der Waals surface area (Å²) in [6.07, 6.45) is 8.05. The van der Waals surface area contributed by atoms with Gasteiger partial charge in [-0.25, -0.2) is 14.8 Å². The number of H-pyrrole nitrogens is 1. The van der Waals surface area contributed by atoms with Crippen LogP contribution in [0.4, 0.5) is 22.0 Å². The molecule has 5 rings (SSSR count). The van der Waals surface area contributed by atoms with Gasteiger partial charge in [-0.2, -0.15) is 0 Å². The molecular weight excluding hydrogens is 534 g/mol. The Bertz CT molecular complexity index is 1490. The maximum absolute atomic E-state index is 13.4. The first kappa shape index (κ1) is 27.2. The number of carbonyl (C=O) groups is 3. The van der Waals surface area contributed by atoms with Crippen LogP contribution in [0.3, 0.4) is 0 Å². The van der Waals surface area contributed by atoms with Gasteiger partial charge in [-0.15, -0.1) is 0 Å². The maximum Gasteiger partial charge on any atom is 0.411 e. The molecule has 40 heavy (non-hydrogen) atoms. The monoisotopic (exact) mass is 563 g/mol. The third-order valence-electron chi connectivity index (χ3n) is 7.15. The van der Waals surface area contributed by atoms with Crippen LogP contribution < -0.4 is 21.7 Å². The van der Waals surface area contributed by atoms with Crippen LogP contribution in [-0.2, 0) is 27.2 Å². The van der Waals surface area contributed by atoms with E-state index in [0.717, 1.165) is 11.1 Å². The first-order valence-corrected chi connectivity index (χ1v) is 13.4. The van der Waals surface area contributed by atoms with Gasteiger partial charge in [0.05, 0.1) is 18.8 Å². The van der Waals surface area contributed by atoms with Gasteiger partial charge in [0.1, 0.15) is 22.5 Å². The van der Waals surface area contributed by atoms with E-state index in [4.69, 9.17) is 22.3 Å². The Morgan fingerprint density at radius 1 is 1.20 bits per heavy atom. The number of aromatic amines is 1. The van der Waals surface area contributed by atoms with Gasteiger partial charge in [-0.3, -0.25) is 14.9 Å². The minimum Gasteiger partial charge on any atom is -0.453 e. The highest BCUT2D eigenvalue weighted by atomic mass is 35.5. The van der Waals surface area contributed by atoms with Crippen molar-refractivity contribution in [1.82, 2.24) is 20.3 Å². The van der Waals surface area contributed by atoms with Crippen LogP contribution >= 0.6 is 11.6 Å². The molecule has 11 nitrogen and oxygen atoms in total. The average molecular weight is 564 g/mol. The third kappa shape index (κ3) is 5.94. The Labute approximate surface area is 235 Å². The zero-order valence-corrected chi connectivity index (χ0v) is 22.7. The molecule has 2 atom stereocenters. The molecule has 1 aliphatic heterocycles. The summed E-state index contributed by atoms with van der Waals surface area (Å²) in [6, 6.07) is 6.44. The molecule has 0 saturated carbocycles. The van der Waals surface area contributed by atoms with Crippen LogP contribution in [0, 0.1) is 5.92 Å². The van der Waals surface area contributed by atoms with Crippen molar-refractivity contribution in [2.75, 3.05) is 23.5 Å². The van der Waals surface area contributed by atoms with Crippen molar-refractivity contribution in [3.8, 4) is 11.3 Å². The lowest BCUT2D eigenvalue weighted by molar-refractivity contribution is -0.126. The number of amides is 3. The number of methoxy groups -OCH3 is 1. The zero-order valence-electron chi connectivity index (χ0n) is 21.9. The first-order valence-electron chi connectivity index (χ1n) is 13.0. The van der Waals surface area contributed by atoms with Crippen molar-refractivity contribution >= 4 is 46.7 Å². The van der Waals surface area contributed by atoms with Gasteiger partial charge in [0.25, 0.3) is 0 Å². The molecule has 2 aromatic heterocycles. The van der Waals surface area contributed by atoms with Crippen LogP contribution in [0.25, 0.3) is 11.3 Å². The Morgan fingerprint density at radius 3 is 2.88 bits per heavy atom. The van der Waals surface area contributed by atoms with E-state index >= 15 is 0 Å². The lowest BCUT2D eigenvalue weighted by Gasteiger charge is -2.26. The molecule has 0 saturated heterocycles. The fraction of sp³-hybridized carbons (Fsp3) is 0.321. The number of nitrogens with one attached hydrogen (secondary N) is 4. The normalized spacial score (nSPS) is 18.6. The Morgan fingerprint density at radius 2 is 2.05 bits per heavy atom. The van der Waals surface area contributed by atoms with Crippen LogP contribution in [0.15, 0.2) is 42.6 Å². The van der Waals surface area contributed by atoms with E-state index in [1.54, 1.807) is 24.4 Å². The van der Waals surface area contributed by atoms with Crippen molar-refractivity contribution in [3.63, 3.8) is 0 Å². The molecule has 0 spiro atoms. The number of carbonyl (C=O) groups excluding carboxylic acids is 3. The van der Waals surface area contributed by atoms with Gasteiger partial charge < -0.3 is 26.1 Å². The minimum absolute atomic E-state index is 0.0754. The number of pyridine rings is 1. The lowest BCUT2D eigenvalue weighted by atomic mass is 9.83. The minimum atomic E-state index is -0.638. The molecule has 2 bridgehead atoms. The van der Waals surface area contributed by atoms with Crippen LogP contribution in [0.1, 0.15) is 48.7 Å². The summed E-state index contributed by atoms with van der Waals surface area (Å²) in [4.78, 5) is 49.9. The van der Waals surface area contributed by atoms with Crippen LogP contribution in [-0.4, -0.2) is 40.0 Å². The third-order valence-corrected chi connectivity index (χ3v) is 7.42. The number of ether oxygens (including phenoxy) is 1. The number of hydrogen-bond acceptors (Lipinski definition) is 7. The fourth-order valence-corrected chi connectivity index (χ4v) is 5.30. The number of aromatic nitrogens is 3. The molecule has 12 heteroatoms. The topological polar surface area (TPSA) is 164 Å². The van der Waals surface area contributed by atoms with Crippen molar-refractivity contribution in [2.45, 2.75) is 44.6 Å². The predicted octanol–water partition coefficient (Wildman–Crippen LogP) is 4.53. The molecule has 0 unspecified atom stereocenters. The molecule has 6 N–H and O–H groups in total. The molecule has 208 valence electrons. The van der Waals surface area contributed by atoms with Crippen LogP contribution in [0.2, 0.25) is 5.15 Å². The summed E-state index contributed by atoms with van der Waals surface area (Å²) in [5.74, 6) is 0.530. The molecule has 1 aliphatic carbocycles. The number of imidazole rings is 1. The van der Waals surface area contributed by atoms with Crippen molar-refractivity contribution < 1.29 is 19.1 Å². The second kappa shape index (κ2) is 11.8. The van der Waals surface area contributed by atoms with Crippen molar-refractivity contribution in [1.29, 1.82) is 0 Å². The van der Waals surface area contributed by atoms with Gasteiger partial charge >= 0.3 is 6.09 Å². The number of anilines is 3. The Balaban J connectivity index is 1.43. The molecule has 0 fully saturated rings. The number of benzene rings is 1. The second-order valence-corrected chi connectivity index (χ2v) is 10.2. The van der Waals surface area contributed by atoms with Crippen molar-refractivity contribution in [2.24, 2.45) is 5.92 Å². The van der Waals surface area contributed by atoms with Gasteiger partial charge in [-0.05, 0) is 67.5 Å². The molecule has 3 amide bonds. The van der Waals surface area contributed by atoms with E-state index < -0.39 is 12.1 Å². The summed E-state index contributed by atoms with van der Waals surface area (Å²) in [5.41, 5.74) is 9.92. The second-order valence-electron chi connectivity index (χ2n) is 9.79. The smallest absolute Gasteiger partial charge is 0.411 e. The zero-order chi connectivity index (χ0) is 28.2. The van der Waals surface area contributed by atoms with E-state index in [0.29, 0.717) is 66.4 Å². The Hall–Kier alpha value is -4.38. The summed E-state index contributed by atoms with van der Waals surface area (Å²) in [5, 5.41) is 8.91. The fourth-order valence-electron chi connectivity index (χ4n) is 5.06. The number of hydrogen-bond donors (Lipinski definition) is 5.